The molecule has 0 aromatic heterocycles. The van der Waals surface area contributed by atoms with Gasteiger partial charge in [-0.25, -0.2) is 0 Å². The quantitative estimate of drug-likeness (QED) is 0.429. The number of fused-ring (bicyclic) bond motifs is 7. The van der Waals surface area contributed by atoms with Crippen molar-refractivity contribution in [1.82, 2.24) is 0 Å². The molecule has 0 aromatic carbocycles. The molecule has 0 radical (unpaired) electrons. The largest absolute Gasteiger partial charge is 0.0917 e. The van der Waals surface area contributed by atoms with Crippen molar-refractivity contribution in [2.75, 3.05) is 0 Å². The van der Waals surface area contributed by atoms with Crippen LogP contribution in [0.2, 0.25) is 0 Å². The average Bonchev–Trinajstić information content (AvgIpc) is 3.22. The smallest absolute Gasteiger partial charge is 0.0263 e. The Kier molecular flexibility index (Phi) is 4.65. The Hall–Kier alpha value is -0.260. The maximum Gasteiger partial charge on any atom is -0.0263 e. The van der Waals surface area contributed by atoms with Crippen molar-refractivity contribution in [2.45, 2.75) is 105 Å². The van der Waals surface area contributed by atoms with Gasteiger partial charge in [-0.3, -0.25) is 0 Å². The zero-order valence-corrected chi connectivity index (χ0v) is 19.5. The summed E-state index contributed by atoms with van der Waals surface area (Å²) in [5.41, 5.74) is 2.12. The molecule has 0 amide bonds. The van der Waals surface area contributed by atoms with Crippen LogP contribution in [0.4, 0.5) is 0 Å². The molecule has 158 valence electrons. The Morgan fingerprint density at radius 2 is 1.57 bits per heavy atom. The van der Waals surface area contributed by atoms with E-state index >= 15 is 0 Å². The van der Waals surface area contributed by atoms with E-state index < -0.39 is 0 Å². The highest BCUT2D eigenvalue weighted by molar-refractivity contribution is 5.16. The van der Waals surface area contributed by atoms with E-state index in [-0.39, 0.29) is 0 Å². The Morgan fingerprint density at radius 1 is 0.821 bits per heavy atom. The summed E-state index contributed by atoms with van der Waals surface area (Å²) in [7, 11) is 0. The summed E-state index contributed by atoms with van der Waals surface area (Å²) in [5.74, 6) is 7.26. The van der Waals surface area contributed by atoms with Crippen LogP contribution in [-0.4, -0.2) is 0 Å². The predicted molar refractivity (Wildman–Crippen MR) is 120 cm³/mol. The van der Waals surface area contributed by atoms with Crippen molar-refractivity contribution in [1.29, 1.82) is 0 Å². The van der Waals surface area contributed by atoms with E-state index in [4.69, 9.17) is 0 Å². The van der Waals surface area contributed by atoms with E-state index in [2.05, 4.69) is 46.8 Å². The lowest BCUT2D eigenvalue weighted by molar-refractivity contribution is -0.122. The lowest BCUT2D eigenvalue weighted by Gasteiger charge is -2.61. The van der Waals surface area contributed by atoms with Crippen molar-refractivity contribution in [3.63, 3.8) is 0 Å². The first-order chi connectivity index (χ1) is 13.3. The van der Waals surface area contributed by atoms with Crippen LogP contribution in [0.3, 0.4) is 0 Å². The second kappa shape index (κ2) is 6.62. The van der Waals surface area contributed by atoms with Gasteiger partial charge in [-0.2, -0.15) is 0 Å². The molecule has 5 aliphatic rings. The second-order valence-electron chi connectivity index (χ2n) is 12.9. The van der Waals surface area contributed by atoms with Crippen molar-refractivity contribution in [2.24, 2.45) is 57.7 Å². The number of hydrogen-bond acceptors (Lipinski definition) is 0. The van der Waals surface area contributed by atoms with E-state index in [1.807, 2.05) is 0 Å². The summed E-state index contributed by atoms with van der Waals surface area (Å²) in [6.45, 7) is 12.9. The van der Waals surface area contributed by atoms with Crippen LogP contribution in [0.25, 0.3) is 0 Å². The molecule has 5 aliphatic carbocycles. The van der Waals surface area contributed by atoms with Crippen LogP contribution in [0.1, 0.15) is 105 Å². The highest BCUT2D eigenvalue weighted by atomic mass is 14.7. The normalized spacial score (nSPS) is 55.9. The fourth-order valence-corrected chi connectivity index (χ4v) is 10.1. The predicted octanol–water partition coefficient (Wildman–Crippen LogP) is 8.27. The lowest BCUT2D eigenvalue weighted by Crippen LogP contribution is -2.54. The minimum Gasteiger partial charge on any atom is -0.0917 e. The SMILES string of the molecule is C/C=C\CCC(C)C1CCC2C3CCC4C5CC5(C)CCC4(C)C3CCC12C. The van der Waals surface area contributed by atoms with Crippen molar-refractivity contribution in [3.05, 3.63) is 12.2 Å². The van der Waals surface area contributed by atoms with Crippen molar-refractivity contribution >= 4 is 0 Å². The standard InChI is InChI=1S/C28H46/c1-6-7-8-9-19(2)21-12-13-22-20-10-11-24-25-18-26(25,3)16-17-28(24,5)23(20)14-15-27(21,22)4/h6-7,19-25H,8-18H2,1-5H3/b7-6-. The number of rotatable bonds is 4. The fraction of sp³-hybridized carbons (Fsp3) is 0.929. The maximum atomic E-state index is 2.77. The second-order valence-corrected chi connectivity index (χ2v) is 12.9. The van der Waals surface area contributed by atoms with Gasteiger partial charge in [0.15, 0.2) is 0 Å². The van der Waals surface area contributed by atoms with Gasteiger partial charge in [-0.15, -0.1) is 0 Å². The molecule has 0 bridgehead atoms. The zero-order valence-electron chi connectivity index (χ0n) is 19.5. The Morgan fingerprint density at radius 3 is 2.36 bits per heavy atom. The molecular formula is C28H46. The van der Waals surface area contributed by atoms with E-state index in [0.29, 0.717) is 10.8 Å². The van der Waals surface area contributed by atoms with E-state index in [0.717, 1.165) is 46.8 Å². The Balaban J connectivity index is 1.34. The molecule has 0 heterocycles. The third-order valence-electron chi connectivity index (χ3n) is 11.9. The van der Waals surface area contributed by atoms with Crippen LogP contribution in [-0.2, 0) is 0 Å². The maximum absolute atomic E-state index is 2.77. The molecule has 0 aliphatic heterocycles. The van der Waals surface area contributed by atoms with Crippen molar-refractivity contribution < 1.29 is 0 Å². The minimum atomic E-state index is 0.655. The van der Waals surface area contributed by atoms with E-state index in [1.54, 1.807) is 51.4 Å². The summed E-state index contributed by atoms with van der Waals surface area (Å²) in [5, 5.41) is 0. The summed E-state index contributed by atoms with van der Waals surface area (Å²) in [6.07, 6.45) is 21.3. The summed E-state index contributed by atoms with van der Waals surface area (Å²) < 4.78 is 0. The molecule has 5 rings (SSSR count). The molecule has 0 N–H and O–H groups in total. The monoisotopic (exact) mass is 382 g/mol. The average molecular weight is 383 g/mol. The van der Waals surface area contributed by atoms with E-state index in [1.165, 1.54) is 19.3 Å². The fourth-order valence-electron chi connectivity index (χ4n) is 10.1. The molecule has 0 nitrogen and oxygen atoms in total. The van der Waals surface area contributed by atoms with E-state index in [9.17, 15) is 0 Å². The number of hydrogen-bond donors (Lipinski definition) is 0. The van der Waals surface area contributed by atoms with Gasteiger partial charge in [0, 0.05) is 0 Å². The topological polar surface area (TPSA) is 0 Å². The lowest BCUT2D eigenvalue weighted by atomic mass is 9.44. The first-order valence-electron chi connectivity index (χ1n) is 12.9. The highest BCUT2D eigenvalue weighted by Gasteiger charge is 2.67. The summed E-state index contributed by atoms with van der Waals surface area (Å²) in [4.78, 5) is 0. The summed E-state index contributed by atoms with van der Waals surface area (Å²) in [6, 6.07) is 0. The van der Waals surface area contributed by atoms with Crippen LogP contribution in [0, 0.1) is 57.7 Å². The molecule has 0 saturated heterocycles. The molecular weight excluding hydrogens is 336 g/mol. The number of allylic oxidation sites excluding steroid dienone is 2. The van der Waals surface area contributed by atoms with Crippen LogP contribution in [0.15, 0.2) is 12.2 Å². The zero-order chi connectivity index (χ0) is 19.7. The van der Waals surface area contributed by atoms with Crippen molar-refractivity contribution in [3.8, 4) is 0 Å². The van der Waals surface area contributed by atoms with Gasteiger partial charge in [0.05, 0.1) is 0 Å². The van der Waals surface area contributed by atoms with Gasteiger partial charge in [0.25, 0.3) is 0 Å². The molecule has 10 unspecified atom stereocenters. The minimum absolute atomic E-state index is 0.655. The molecule has 5 saturated carbocycles. The van der Waals surface area contributed by atoms with Crippen LogP contribution < -0.4 is 0 Å². The van der Waals surface area contributed by atoms with Crippen LogP contribution in [0.5, 0.6) is 0 Å². The molecule has 0 heteroatoms. The van der Waals surface area contributed by atoms with Gasteiger partial charge in [0.1, 0.15) is 0 Å². The van der Waals surface area contributed by atoms with Gasteiger partial charge < -0.3 is 0 Å². The first-order valence-corrected chi connectivity index (χ1v) is 12.9. The highest BCUT2D eigenvalue weighted by Crippen LogP contribution is 2.75. The van der Waals surface area contributed by atoms with Crippen LogP contribution >= 0.6 is 0 Å². The van der Waals surface area contributed by atoms with Gasteiger partial charge in [0.2, 0.25) is 0 Å². The van der Waals surface area contributed by atoms with Gasteiger partial charge in [-0.1, -0.05) is 39.8 Å². The van der Waals surface area contributed by atoms with Gasteiger partial charge >= 0.3 is 0 Å². The Labute approximate surface area is 175 Å². The third-order valence-corrected chi connectivity index (χ3v) is 11.9. The third kappa shape index (κ3) is 2.68. The molecule has 0 aromatic rings. The summed E-state index contributed by atoms with van der Waals surface area (Å²) >= 11 is 0. The molecule has 28 heavy (non-hydrogen) atoms. The van der Waals surface area contributed by atoms with Gasteiger partial charge in [-0.05, 0) is 135 Å². The molecule has 10 atom stereocenters. The molecule has 5 fully saturated rings. The molecule has 0 spiro atoms. The first kappa shape index (κ1) is 19.7. The Bertz CT molecular complexity index is 632.